The molecule has 1 atom stereocenters. The summed E-state index contributed by atoms with van der Waals surface area (Å²) >= 11 is 1.69. The molecule has 24 heavy (non-hydrogen) atoms. The zero-order valence-electron chi connectivity index (χ0n) is 13.5. The zero-order valence-corrected chi connectivity index (χ0v) is 14.3. The lowest BCUT2D eigenvalue weighted by atomic mass is 9.99. The fourth-order valence-corrected chi connectivity index (χ4v) is 3.94. The van der Waals surface area contributed by atoms with Crippen LogP contribution in [-0.4, -0.2) is 24.0 Å². The van der Waals surface area contributed by atoms with E-state index in [9.17, 15) is 4.79 Å². The molecule has 0 saturated carbocycles. The molecule has 1 N–H and O–H groups in total. The van der Waals surface area contributed by atoms with Gasteiger partial charge in [0.25, 0.3) is 0 Å². The molecule has 1 aromatic heterocycles. The molecule has 2 aromatic carbocycles. The van der Waals surface area contributed by atoms with Crippen molar-refractivity contribution in [1.82, 2.24) is 10.3 Å². The molecule has 1 aliphatic heterocycles. The quantitative estimate of drug-likeness (QED) is 0.791. The number of hydrogen-bond acceptors (Lipinski definition) is 4. The smallest absolute Gasteiger partial charge is 0.227 e. The average molecular weight is 337 g/mol. The molecule has 0 spiro atoms. The molecule has 2 heterocycles. The van der Waals surface area contributed by atoms with Gasteiger partial charge in [0.1, 0.15) is 0 Å². The highest BCUT2D eigenvalue weighted by atomic mass is 32.1. The maximum atomic E-state index is 12.4. The van der Waals surface area contributed by atoms with E-state index in [-0.39, 0.29) is 17.9 Å². The van der Waals surface area contributed by atoms with E-state index in [2.05, 4.69) is 21.3 Å². The van der Waals surface area contributed by atoms with Crippen molar-refractivity contribution in [2.24, 2.45) is 5.92 Å². The molecule has 3 aromatic rings. The van der Waals surface area contributed by atoms with Gasteiger partial charge in [0.2, 0.25) is 5.91 Å². The summed E-state index contributed by atoms with van der Waals surface area (Å²) in [6, 6.07) is 18.2. The van der Waals surface area contributed by atoms with Gasteiger partial charge in [-0.3, -0.25) is 4.79 Å². The van der Waals surface area contributed by atoms with Crippen LogP contribution in [-0.2, 0) is 4.79 Å². The van der Waals surface area contributed by atoms with Gasteiger partial charge < -0.3 is 10.2 Å². The Morgan fingerprint density at radius 2 is 1.88 bits per heavy atom. The minimum atomic E-state index is 0.0372. The van der Waals surface area contributed by atoms with Crippen molar-refractivity contribution in [3.8, 4) is 0 Å². The summed E-state index contributed by atoms with van der Waals surface area (Å²) in [5.41, 5.74) is 2.16. The van der Waals surface area contributed by atoms with E-state index < -0.39 is 0 Å². The van der Waals surface area contributed by atoms with Gasteiger partial charge in [-0.25, -0.2) is 4.98 Å². The Labute approximate surface area is 145 Å². The van der Waals surface area contributed by atoms with Gasteiger partial charge in [0.05, 0.1) is 22.2 Å². The van der Waals surface area contributed by atoms with Crippen LogP contribution in [0.25, 0.3) is 10.2 Å². The van der Waals surface area contributed by atoms with E-state index in [4.69, 9.17) is 0 Å². The van der Waals surface area contributed by atoms with Gasteiger partial charge in [-0.05, 0) is 24.6 Å². The fraction of sp³-hybridized carbons (Fsp3) is 0.263. The molecule has 1 amide bonds. The van der Waals surface area contributed by atoms with Crippen molar-refractivity contribution < 1.29 is 4.79 Å². The third kappa shape index (κ3) is 2.87. The van der Waals surface area contributed by atoms with Gasteiger partial charge >= 0.3 is 0 Å². The first-order valence-electron chi connectivity index (χ1n) is 8.16. The predicted molar refractivity (Wildman–Crippen MR) is 98.3 cm³/mol. The molecular weight excluding hydrogens is 318 g/mol. The molecule has 1 unspecified atom stereocenters. The number of nitrogens with one attached hydrogen (secondary N) is 1. The number of benzene rings is 2. The molecule has 1 aliphatic rings. The molecule has 4 rings (SSSR count). The number of nitrogens with zero attached hydrogens (tertiary/aromatic N) is 2. The number of carbonyl (C=O) groups excluding carboxylic acids is 1. The molecule has 0 radical (unpaired) electrons. The second kappa shape index (κ2) is 6.24. The molecule has 0 aliphatic carbocycles. The lowest BCUT2D eigenvalue weighted by molar-refractivity contribution is -0.126. The minimum absolute atomic E-state index is 0.0372. The van der Waals surface area contributed by atoms with E-state index in [1.165, 1.54) is 4.70 Å². The molecular formula is C19H19N3OS. The van der Waals surface area contributed by atoms with Crippen molar-refractivity contribution in [3.63, 3.8) is 0 Å². The first kappa shape index (κ1) is 15.1. The molecule has 0 bridgehead atoms. The van der Waals surface area contributed by atoms with Gasteiger partial charge in [-0.2, -0.15) is 0 Å². The van der Waals surface area contributed by atoms with Crippen LogP contribution in [0, 0.1) is 5.92 Å². The number of thiazole rings is 1. The third-order valence-electron chi connectivity index (χ3n) is 4.46. The average Bonchev–Trinajstić information content (AvgIpc) is 2.97. The highest BCUT2D eigenvalue weighted by molar-refractivity contribution is 7.22. The number of hydrogen-bond donors (Lipinski definition) is 1. The second-order valence-corrected chi connectivity index (χ2v) is 7.22. The van der Waals surface area contributed by atoms with E-state index >= 15 is 0 Å². The van der Waals surface area contributed by atoms with Crippen LogP contribution in [0.4, 0.5) is 5.13 Å². The van der Waals surface area contributed by atoms with E-state index in [1.54, 1.807) is 11.3 Å². The lowest BCUT2D eigenvalue weighted by Crippen LogP contribution is -2.54. The van der Waals surface area contributed by atoms with Crippen LogP contribution >= 0.6 is 11.3 Å². The molecule has 122 valence electrons. The molecule has 1 fully saturated rings. The maximum absolute atomic E-state index is 12.4. The summed E-state index contributed by atoms with van der Waals surface area (Å²) in [7, 11) is 0. The number of aromatic nitrogens is 1. The Morgan fingerprint density at radius 1 is 1.17 bits per heavy atom. The Morgan fingerprint density at radius 3 is 2.62 bits per heavy atom. The summed E-state index contributed by atoms with van der Waals surface area (Å²) in [5, 5.41) is 4.12. The fourth-order valence-electron chi connectivity index (χ4n) is 2.95. The van der Waals surface area contributed by atoms with Crippen LogP contribution < -0.4 is 10.2 Å². The Balaban J connectivity index is 1.36. The minimum Gasteiger partial charge on any atom is -0.349 e. The number of anilines is 1. The van der Waals surface area contributed by atoms with E-state index in [1.807, 2.05) is 55.5 Å². The largest absolute Gasteiger partial charge is 0.349 e. The summed E-state index contributed by atoms with van der Waals surface area (Å²) in [4.78, 5) is 19.2. The lowest BCUT2D eigenvalue weighted by Gasteiger charge is -2.38. The number of rotatable bonds is 4. The highest BCUT2D eigenvalue weighted by Crippen LogP contribution is 2.32. The van der Waals surface area contributed by atoms with Gasteiger partial charge in [-0.15, -0.1) is 0 Å². The summed E-state index contributed by atoms with van der Waals surface area (Å²) in [5.74, 6) is 0.173. The van der Waals surface area contributed by atoms with Crippen LogP contribution in [0.1, 0.15) is 18.5 Å². The summed E-state index contributed by atoms with van der Waals surface area (Å²) in [6.07, 6.45) is 0. The van der Waals surface area contributed by atoms with Crippen molar-refractivity contribution in [2.45, 2.75) is 13.0 Å². The van der Waals surface area contributed by atoms with Crippen molar-refractivity contribution in [1.29, 1.82) is 0 Å². The van der Waals surface area contributed by atoms with Crippen LogP contribution in [0.2, 0.25) is 0 Å². The Bertz CT molecular complexity index is 822. The van der Waals surface area contributed by atoms with Crippen LogP contribution in [0.3, 0.4) is 0 Å². The maximum Gasteiger partial charge on any atom is 0.227 e. The normalized spacial score (nSPS) is 16.0. The topological polar surface area (TPSA) is 45.2 Å². The second-order valence-electron chi connectivity index (χ2n) is 6.21. The standard InChI is InChI=1S/C19H19N3OS/c1-13(14-7-3-2-4-8-14)20-18(23)15-11-22(12-15)19-21-16-9-5-6-10-17(16)24-19/h2-10,13,15H,11-12H2,1H3,(H,20,23). The van der Waals surface area contributed by atoms with Crippen molar-refractivity contribution in [2.75, 3.05) is 18.0 Å². The van der Waals surface area contributed by atoms with Crippen molar-refractivity contribution >= 4 is 32.6 Å². The SMILES string of the molecule is CC(NC(=O)C1CN(c2nc3ccccc3s2)C1)c1ccccc1. The number of fused-ring (bicyclic) bond motifs is 1. The first-order valence-corrected chi connectivity index (χ1v) is 8.98. The van der Waals surface area contributed by atoms with E-state index in [0.717, 1.165) is 29.3 Å². The Kier molecular flexibility index (Phi) is 3.94. The van der Waals surface area contributed by atoms with Crippen molar-refractivity contribution in [3.05, 3.63) is 60.2 Å². The molecule has 1 saturated heterocycles. The number of amides is 1. The van der Waals surface area contributed by atoms with E-state index in [0.29, 0.717) is 0 Å². The Hall–Kier alpha value is -2.40. The molecule has 5 heteroatoms. The number of para-hydroxylation sites is 1. The first-order chi connectivity index (χ1) is 11.7. The monoisotopic (exact) mass is 337 g/mol. The third-order valence-corrected chi connectivity index (χ3v) is 5.56. The molecule has 4 nitrogen and oxygen atoms in total. The van der Waals surface area contributed by atoms with Crippen LogP contribution in [0.5, 0.6) is 0 Å². The summed E-state index contributed by atoms with van der Waals surface area (Å²) in [6.45, 7) is 3.51. The number of carbonyl (C=O) groups is 1. The highest BCUT2D eigenvalue weighted by Gasteiger charge is 2.34. The van der Waals surface area contributed by atoms with Gasteiger partial charge in [0, 0.05) is 13.1 Å². The van der Waals surface area contributed by atoms with Crippen LogP contribution in [0.15, 0.2) is 54.6 Å². The van der Waals surface area contributed by atoms with Gasteiger partial charge in [-0.1, -0.05) is 53.8 Å². The summed E-state index contributed by atoms with van der Waals surface area (Å²) < 4.78 is 1.19. The van der Waals surface area contributed by atoms with Gasteiger partial charge in [0.15, 0.2) is 5.13 Å². The zero-order chi connectivity index (χ0) is 16.5. The predicted octanol–water partition coefficient (Wildman–Crippen LogP) is 3.61.